The van der Waals surface area contributed by atoms with E-state index in [1.807, 2.05) is 12.1 Å². The SMILES string of the molecule is CN1CCN(CC(=O)NCCC(c2ccc(F)cc2)c2ccco2)CC1. The van der Waals surface area contributed by atoms with Crippen LogP contribution in [0, 0.1) is 5.82 Å². The Hall–Kier alpha value is -2.18. The fourth-order valence-electron chi connectivity index (χ4n) is 3.28. The van der Waals surface area contributed by atoms with Crippen molar-refractivity contribution < 1.29 is 13.6 Å². The number of likely N-dealkylation sites (N-methyl/N-ethyl adjacent to an activating group) is 1. The fraction of sp³-hybridized carbons (Fsp3) is 0.450. The van der Waals surface area contributed by atoms with Crippen LogP contribution in [0.4, 0.5) is 4.39 Å². The first-order valence-corrected chi connectivity index (χ1v) is 9.08. The highest BCUT2D eigenvalue weighted by Crippen LogP contribution is 2.28. The number of piperazine rings is 1. The predicted octanol–water partition coefficient (Wildman–Crippen LogP) is 2.30. The average molecular weight is 359 g/mol. The van der Waals surface area contributed by atoms with Crippen LogP contribution in [0.3, 0.4) is 0 Å². The van der Waals surface area contributed by atoms with E-state index in [4.69, 9.17) is 4.42 Å². The second-order valence-electron chi connectivity index (χ2n) is 6.84. The van der Waals surface area contributed by atoms with Crippen LogP contribution in [-0.4, -0.2) is 62.0 Å². The summed E-state index contributed by atoms with van der Waals surface area (Å²) in [5, 5.41) is 3.00. The van der Waals surface area contributed by atoms with Crippen LogP contribution in [0.2, 0.25) is 0 Å². The van der Waals surface area contributed by atoms with Crippen molar-refractivity contribution in [3.05, 3.63) is 59.8 Å². The summed E-state index contributed by atoms with van der Waals surface area (Å²) < 4.78 is 18.8. The van der Waals surface area contributed by atoms with Gasteiger partial charge in [0.05, 0.1) is 12.8 Å². The topological polar surface area (TPSA) is 48.7 Å². The Morgan fingerprint density at radius 2 is 1.92 bits per heavy atom. The van der Waals surface area contributed by atoms with Crippen molar-refractivity contribution in [2.75, 3.05) is 46.3 Å². The molecule has 1 atom stereocenters. The molecule has 2 heterocycles. The number of hydrogen-bond acceptors (Lipinski definition) is 4. The van der Waals surface area contributed by atoms with E-state index in [1.54, 1.807) is 18.4 Å². The largest absolute Gasteiger partial charge is 0.469 e. The van der Waals surface area contributed by atoms with Gasteiger partial charge in [-0.2, -0.15) is 0 Å². The first-order valence-electron chi connectivity index (χ1n) is 9.08. The van der Waals surface area contributed by atoms with Gasteiger partial charge in [0.1, 0.15) is 11.6 Å². The van der Waals surface area contributed by atoms with Crippen molar-refractivity contribution in [3.8, 4) is 0 Å². The van der Waals surface area contributed by atoms with Gasteiger partial charge >= 0.3 is 0 Å². The van der Waals surface area contributed by atoms with Gasteiger partial charge in [-0.25, -0.2) is 4.39 Å². The van der Waals surface area contributed by atoms with Crippen molar-refractivity contribution >= 4 is 5.91 Å². The summed E-state index contributed by atoms with van der Waals surface area (Å²) in [4.78, 5) is 16.7. The Morgan fingerprint density at radius 1 is 1.19 bits per heavy atom. The predicted molar refractivity (Wildman–Crippen MR) is 98.5 cm³/mol. The Balaban J connectivity index is 1.51. The van der Waals surface area contributed by atoms with Gasteiger partial charge < -0.3 is 14.6 Å². The van der Waals surface area contributed by atoms with Crippen LogP contribution in [0.25, 0.3) is 0 Å². The van der Waals surface area contributed by atoms with Gasteiger partial charge in [-0.15, -0.1) is 0 Å². The highest BCUT2D eigenvalue weighted by molar-refractivity contribution is 5.78. The molecule has 1 aromatic heterocycles. The Labute approximate surface area is 153 Å². The number of rotatable bonds is 7. The standard InChI is InChI=1S/C20H26FN3O2/c1-23-10-12-24(13-11-23)15-20(25)22-9-8-18(19-3-2-14-26-19)16-4-6-17(21)7-5-16/h2-7,14,18H,8-13,15H2,1H3,(H,22,25). The lowest BCUT2D eigenvalue weighted by Crippen LogP contribution is -2.48. The molecular weight excluding hydrogens is 333 g/mol. The average Bonchev–Trinajstić information content (AvgIpc) is 3.16. The number of furan rings is 1. The van der Waals surface area contributed by atoms with Gasteiger partial charge in [0.25, 0.3) is 0 Å². The van der Waals surface area contributed by atoms with Crippen LogP contribution in [-0.2, 0) is 4.79 Å². The molecule has 5 nitrogen and oxygen atoms in total. The van der Waals surface area contributed by atoms with Gasteiger partial charge in [-0.1, -0.05) is 12.1 Å². The monoisotopic (exact) mass is 359 g/mol. The smallest absolute Gasteiger partial charge is 0.234 e. The normalized spacial score (nSPS) is 17.2. The highest BCUT2D eigenvalue weighted by Gasteiger charge is 2.19. The van der Waals surface area contributed by atoms with Crippen LogP contribution < -0.4 is 5.32 Å². The van der Waals surface area contributed by atoms with E-state index in [0.717, 1.165) is 37.5 Å². The van der Waals surface area contributed by atoms with Gasteiger partial charge in [0.2, 0.25) is 5.91 Å². The Kier molecular flexibility index (Phi) is 6.41. The van der Waals surface area contributed by atoms with E-state index in [9.17, 15) is 9.18 Å². The Bertz CT molecular complexity index is 680. The van der Waals surface area contributed by atoms with Crippen molar-refractivity contribution in [2.24, 2.45) is 0 Å². The summed E-state index contributed by atoms with van der Waals surface area (Å²) in [6, 6.07) is 10.2. The molecule has 1 N–H and O–H groups in total. The van der Waals surface area contributed by atoms with E-state index in [1.165, 1.54) is 12.1 Å². The summed E-state index contributed by atoms with van der Waals surface area (Å²) in [5.41, 5.74) is 0.981. The minimum absolute atomic E-state index is 0.00506. The summed E-state index contributed by atoms with van der Waals surface area (Å²) in [5.74, 6) is 0.610. The molecule has 0 saturated carbocycles. The van der Waals surface area contributed by atoms with Gasteiger partial charge in [-0.05, 0) is 43.3 Å². The number of nitrogens with zero attached hydrogens (tertiary/aromatic N) is 2. The third kappa shape index (κ3) is 5.16. The fourth-order valence-corrected chi connectivity index (χ4v) is 3.28. The number of benzene rings is 1. The maximum atomic E-state index is 13.2. The minimum atomic E-state index is -0.257. The van der Waals surface area contributed by atoms with Crippen molar-refractivity contribution in [2.45, 2.75) is 12.3 Å². The first-order chi connectivity index (χ1) is 12.6. The molecule has 26 heavy (non-hydrogen) atoms. The maximum absolute atomic E-state index is 13.2. The lowest BCUT2D eigenvalue weighted by Gasteiger charge is -2.31. The van der Waals surface area contributed by atoms with Gasteiger partial charge in [0, 0.05) is 38.6 Å². The summed E-state index contributed by atoms with van der Waals surface area (Å²) in [7, 11) is 2.10. The van der Waals surface area contributed by atoms with E-state index >= 15 is 0 Å². The highest BCUT2D eigenvalue weighted by atomic mass is 19.1. The quantitative estimate of drug-likeness (QED) is 0.824. The molecular formula is C20H26FN3O2. The van der Waals surface area contributed by atoms with Gasteiger partial charge in [0.15, 0.2) is 0 Å². The molecule has 140 valence electrons. The van der Waals surface area contributed by atoms with Crippen LogP contribution in [0.1, 0.15) is 23.7 Å². The number of hydrogen-bond donors (Lipinski definition) is 1. The summed E-state index contributed by atoms with van der Waals surface area (Å²) in [6.45, 7) is 4.84. The molecule has 0 bridgehead atoms. The molecule has 1 aliphatic rings. The molecule has 2 aromatic rings. The second-order valence-corrected chi connectivity index (χ2v) is 6.84. The molecule has 0 spiro atoms. The Morgan fingerprint density at radius 3 is 2.58 bits per heavy atom. The number of carbonyl (C=O) groups excluding carboxylic acids is 1. The van der Waals surface area contributed by atoms with E-state index < -0.39 is 0 Å². The van der Waals surface area contributed by atoms with Crippen LogP contribution >= 0.6 is 0 Å². The summed E-state index contributed by atoms with van der Waals surface area (Å²) in [6.07, 6.45) is 2.34. The lowest BCUT2D eigenvalue weighted by molar-refractivity contribution is -0.122. The molecule has 1 aliphatic heterocycles. The lowest BCUT2D eigenvalue weighted by atomic mass is 9.93. The third-order valence-corrected chi connectivity index (χ3v) is 4.88. The second kappa shape index (κ2) is 8.96. The third-order valence-electron chi connectivity index (χ3n) is 4.88. The molecule has 0 aliphatic carbocycles. The number of amides is 1. The minimum Gasteiger partial charge on any atom is -0.469 e. The van der Waals surface area contributed by atoms with Crippen molar-refractivity contribution in [3.63, 3.8) is 0 Å². The van der Waals surface area contributed by atoms with Crippen LogP contribution in [0.5, 0.6) is 0 Å². The number of nitrogens with one attached hydrogen (secondary N) is 1. The van der Waals surface area contributed by atoms with Crippen molar-refractivity contribution in [1.29, 1.82) is 0 Å². The molecule has 1 saturated heterocycles. The number of carbonyl (C=O) groups is 1. The van der Waals surface area contributed by atoms with E-state index in [-0.39, 0.29) is 17.6 Å². The zero-order valence-electron chi connectivity index (χ0n) is 15.2. The molecule has 1 amide bonds. The zero-order chi connectivity index (χ0) is 18.4. The summed E-state index contributed by atoms with van der Waals surface area (Å²) >= 11 is 0. The molecule has 1 unspecified atom stereocenters. The molecule has 0 radical (unpaired) electrons. The molecule has 1 aromatic carbocycles. The zero-order valence-corrected chi connectivity index (χ0v) is 15.2. The molecule has 3 rings (SSSR count). The number of halogens is 1. The molecule has 1 fully saturated rings. The van der Waals surface area contributed by atoms with E-state index in [0.29, 0.717) is 19.5 Å². The molecule has 6 heteroatoms. The van der Waals surface area contributed by atoms with E-state index in [2.05, 4.69) is 22.2 Å². The maximum Gasteiger partial charge on any atom is 0.234 e. The first kappa shape index (κ1) is 18.6. The van der Waals surface area contributed by atoms with Crippen LogP contribution in [0.15, 0.2) is 47.1 Å². The van der Waals surface area contributed by atoms with Gasteiger partial charge in [-0.3, -0.25) is 9.69 Å². The van der Waals surface area contributed by atoms with Crippen molar-refractivity contribution in [1.82, 2.24) is 15.1 Å².